The molecule has 0 radical (unpaired) electrons. The van der Waals surface area contributed by atoms with Crippen molar-refractivity contribution in [3.05, 3.63) is 28.2 Å². The number of hydrogen-bond acceptors (Lipinski definition) is 3. The van der Waals surface area contributed by atoms with Gasteiger partial charge in [0, 0.05) is 29.4 Å². The lowest BCUT2D eigenvalue weighted by atomic mass is 10.3. The molecule has 1 aromatic rings. The summed E-state index contributed by atoms with van der Waals surface area (Å²) in [6, 6.07) is 4.91. The minimum atomic E-state index is -0.134. The van der Waals surface area contributed by atoms with E-state index in [0.29, 0.717) is 22.3 Å². The van der Waals surface area contributed by atoms with Gasteiger partial charge in [-0.05, 0) is 31.2 Å². The predicted molar refractivity (Wildman–Crippen MR) is 74.5 cm³/mol. The molecule has 1 rings (SSSR count). The summed E-state index contributed by atoms with van der Waals surface area (Å²) in [6.45, 7) is 1.66. The van der Waals surface area contributed by atoms with Gasteiger partial charge in [0.05, 0.1) is 6.54 Å². The van der Waals surface area contributed by atoms with Crippen LogP contribution < -0.4 is 10.6 Å². The van der Waals surface area contributed by atoms with Gasteiger partial charge in [0.15, 0.2) is 0 Å². The zero-order valence-electron chi connectivity index (χ0n) is 10.1. The summed E-state index contributed by atoms with van der Waals surface area (Å²) in [6.07, 6.45) is 0.868. The van der Waals surface area contributed by atoms with Crippen LogP contribution >= 0.6 is 23.2 Å². The first-order valence-electron chi connectivity index (χ1n) is 5.57. The molecule has 0 atom stereocenters. The summed E-state index contributed by atoms with van der Waals surface area (Å²) in [5.41, 5.74) is 0.594. The third-order valence-corrected chi connectivity index (χ3v) is 2.57. The van der Waals surface area contributed by atoms with E-state index in [-0.39, 0.29) is 12.5 Å². The first-order chi connectivity index (χ1) is 8.61. The maximum absolute atomic E-state index is 11.6. The van der Waals surface area contributed by atoms with Crippen LogP contribution in [0.2, 0.25) is 10.0 Å². The molecule has 0 saturated carbocycles. The molecule has 4 nitrogen and oxygen atoms in total. The molecule has 1 aromatic carbocycles. The molecule has 100 valence electrons. The van der Waals surface area contributed by atoms with E-state index in [1.165, 1.54) is 0 Å². The fourth-order valence-corrected chi connectivity index (χ4v) is 1.90. The topological polar surface area (TPSA) is 50.4 Å². The molecule has 0 aliphatic heterocycles. The van der Waals surface area contributed by atoms with Gasteiger partial charge in [-0.1, -0.05) is 23.2 Å². The molecule has 0 aromatic heterocycles. The Hall–Kier alpha value is -0.810. The Labute approximate surface area is 117 Å². The lowest BCUT2D eigenvalue weighted by Crippen LogP contribution is -2.29. The number of amides is 1. The minimum Gasteiger partial charge on any atom is -0.385 e. The third-order valence-electron chi connectivity index (χ3n) is 2.13. The molecule has 0 aliphatic carbocycles. The molecule has 6 heteroatoms. The Kier molecular flexibility index (Phi) is 7.05. The van der Waals surface area contributed by atoms with Crippen LogP contribution in [0.4, 0.5) is 5.69 Å². The molecule has 1 amide bonds. The Bertz CT molecular complexity index is 379. The van der Waals surface area contributed by atoms with Gasteiger partial charge >= 0.3 is 0 Å². The second-order valence-electron chi connectivity index (χ2n) is 3.73. The average molecular weight is 291 g/mol. The standard InChI is InChI=1S/C12H16Cl2N2O2/c1-18-4-2-3-15-8-12(17)16-11-6-9(13)5-10(14)7-11/h5-7,15H,2-4,8H2,1H3,(H,16,17). The van der Waals surface area contributed by atoms with Crippen molar-refractivity contribution in [2.45, 2.75) is 6.42 Å². The van der Waals surface area contributed by atoms with Gasteiger partial charge < -0.3 is 15.4 Å². The van der Waals surface area contributed by atoms with Gasteiger partial charge in [0.25, 0.3) is 0 Å². The van der Waals surface area contributed by atoms with Crippen LogP contribution in [0.5, 0.6) is 0 Å². The molecular weight excluding hydrogens is 275 g/mol. The molecular formula is C12H16Cl2N2O2. The minimum absolute atomic E-state index is 0.134. The SMILES string of the molecule is COCCCNCC(=O)Nc1cc(Cl)cc(Cl)c1. The Morgan fingerprint density at radius 2 is 1.94 bits per heavy atom. The molecule has 0 heterocycles. The smallest absolute Gasteiger partial charge is 0.238 e. The summed E-state index contributed by atoms with van der Waals surface area (Å²) >= 11 is 11.7. The second-order valence-corrected chi connectivity index (χ2v) is 4.60. The van der Waals surface area contributed by atoms with E-state index in [0.717, 1.165) is 13.0 Å². The molecule has 0 spiro atoms. The quantitative estimate of drug-likeness (QED) is 0.759. The van der Waals surface area contributed by atoms with Crippen molar-refractivity contribution in [1.29, 1.82) is 0 Å². The van der Waals surface area contributed by atoms with E-state index < -0.39 is 0 Å². The Morgan fingerprint density at radius 1 is 1.28 bits per heavy atom. The van der Waals surface area contributed by atoms with Crippen LogP contribution in [0.3, 0.4) is 0 Å². The summed E-state index contributed by atoms with van der Waals surface area (Å²) in [7, 11) is 1.65. The number of carbonyl (C=O) groups is 1. The van der Waals surface area contributed by atoms with Gasteiger partial charge in [-0.3, -0.25) is 4.79 Å². The summed E-state index contributed by atoms with van der Waals surface area (Å²) < 4.78 is 4.90. The molecule has 0 saturated heterocycles. The highest BCUT2D eigenvalue weighted by molar-refractivity contribution is 6.35. The van der Waals surface area contributed by atoms with Gasteiger partial charge in [-0.25, -0.2) is 0 Å². The number of ether oxygens (including phenoxy) is 1. The molecule has 0 bridgehead atoms. The lowest BCUT2D eigenvalue weighted by Gasteiger charge is -2.07. The largest absolute Gasteiger partial charge is 0.385 e. The number of halogens is 2. The predicted octanol–water partition coefficient (Wildman–Crippen LogP) is 2.56. The van der Waals surface area contributed by atoms with Crippen molar-refractivity contribution in [3.63, 3.8) is 0 Å². The van der Waals surface area contributed by atoms with Crippen molar-refractivity contribution in [1.82, 2.24) is 5.32 Å². The number of rotatable bonds is 7. The maximum Gasteiger partial charge on any atom is 0.238 e. The second kappa shape index (κ2) is 8.32. The van der Waals surface area contributed by atoms with Crippen molar-refractivity contribution in [2.24, 2.45) is 0 Å². The molecule has 2 N–H and O–H groups in total. The van der Waals surface area contributed by atoms with Gasteiger partial charge in [0.2, 0.25) is 5.91 Å². The maximum atomic E-state index is 11.6. The van der Waals surface area contributed by atoms with Crippen molar-refractivity contribution in [3.8, 4) is 0 Å². The lowest BCUT2D eigenvalue weighted by molar-refractivity contribution is -0.115. The average Bonchev–Trinajstić information content (AvgIpc) is 2.27. The zero-order valence-corrected chi connectivity index (χ0v) is 11.6. The fraction of sp³-hybridized carbons (Fsp3) is 0.417. The molecule has 0 unspecified atom stereocenters. The number of anilines is 1. The van der Waals surface area contributed by atoms with Crippen LogP contribution in [0.15, 0.2) is 18.2 Å². The van der Waals surface area contributed by atoms with Gasteiger partial charge in [-0.15, -0.1) is 0 Å². The van der Waals surface area contributed by atoms with E-state index >= 15 is 0 Å². The normalized spacial score (nSPS) is 10.4. The summed E-state index contributed by atoms with van der Waals surface area (Å²) in [5.74, 6) is -0.134. The highest BCUT2D eigenvalue weighted by Crippen LogP contribution is 2.22. The van der Waals surface area contributed by atoms with Gasteiger partial charge in [0.1, 0.15) is 0 Å². The van der Waals surface area contributed by atoms with Gasteiger partial charge in [-0.2, -0.15) is 0 Å². The third kappa shape index (κ3) is 6.21. The molecule has 18 heavy (non-hydrogen) atoms. The number of nitrogens with one attached hydrogen (secondary N) is 2. The van der Waals surface area contributed by atoms with Crippen LogP contribution in [0.1, 0.15) is 6.42 Å². The van der Waals surface area contributed by atoms with Crippen LogP contribution in [0.25, 0.3) is 0 Å². The van der Waals surface area contributed by atoms with Crippen molar-refractivity contribution >= 4 is 34.8 Å². The molecule has 0 fully saturated rings. The first kappa shape index (κ1) is 15.2. The number of carbonyl (C=O) groups excluding carboxylic acids is 1. The number of hydrogen-bond donors (Lipinski definition) is 2. The highest BCUT2D eigenvalue weighted by Gasteiger charge is 2.03. The Balaban J connectivity index is 2.31. The van der Waals surface area contributed by atoms with Crippen LogP contribution in [0, 0.1) is 0 Å². The number of methoxy groups -OCH3 is 1. The van der Waals surface area contributed by atoms with E-state index in [2.05, 4.69) is 10.6 Å². The van der Waals surface area contributed by atoms with E-state index in [4.69, 9.17) is 27.9 Å². The molecule has 0 aliphatic rings. The Morgan fingerprint density at radius 3 is 2.56 bits per heavy atom. The summed E-state index contributed by atoms with van der Waals surface area (Å²) in [4.78, 5) is 11.6. The monoisotopic (exact) mass is 290 g/mol. The van der Waals surface area contributed by atoms with Crippen LogP contribution in [-0.2, 0) is 9.53 Å². The highest BCUT2D eigenvalue weighted by atomic mass is 35.5. The van der Waals surface area contributed by atoms with Crippen molar-refractivity contribution < 1.29 is 9.53 Å². The van der Waals surface area contributed by atoms with E-state index in [1.807, 2.05) is 0 Å². The van der Waals surface area contributed by atoms with E-state index in [9.17, 15) is 4.79 Å². The summed E-state index contributed by atoms with van der Waals surface area (Å²) in [5, 5.41) is 6.71. The first-order valence-corrected chi connectivity index (χ1v) is 6.33. The van der Waals surface area contributed by atoms with Crippen LogP contribution in [-0.4, -0.2) is 32.7 Å². The van der Waals surface area contributed by atoms with Crippen molar-refractivity contribution in [2.75, 3.05) is 32.1 Å². The van der Waals surface area contributed by atoms with E-state index in [1.54, 1.807) is 25.3 Å². The fourth-order valence-electron chi connectivity index (χ4n) is 1.37. The zero-order chi connectivity index (χ0) is 13.4. The number of benzene rings is 1.